The molecule has 0 saturated carbocycles. The summed E-state index contributed by atoms with van der Waals surface area (Å²) >= 11 is 6.05. The predicted octanol–water partition coefficient (Wildman–Crippen LogP) is 3.72. The van der Waals surface area contributed by atoms with Crippen LogP contribution in [0.4, 0.5) is 0 Å². The van der Waals surface area contributed by atoms with E-state index >= 15 is 0 Å². The molecule has 2 aromatic carbocycles. The van der Waals surface area contributed by atoms with Crippen molar-refractivity contribution in [1.82, 2.24) is 19.9 Å². The third kappa shape index (κ3) is 3.90. The van der Waals surface area contributed by atoms with Crippen LogP contribution in [0.25, 0.3) is 22.2 Å². The molecule has 0 radical (unpaired) electrons. The van der Waals surface area contributed by atoms with Crippen LogP contribution in [0, 0.1) is 0 Å². The number of aromatic nitrogens is 4. The average molecular weight is 427 g/mol. The lowest BCUT2D eigenvalue weighted by molar-refractivity contribution is 0.416. The van der Waals surface area contributed by atoms with E-state index in [0.717, 1.165) is 5.56 Å². The third-order valence-electron chi connectivity index (χ3n) is 4.37. The first-order chi connectivity index (χ1) is 14.0. The van der Waals surface area contributed by atoms with E-state index in [0.29, 0.717) is 33.1 Å². The van der Waals surface area contributed by atoms with Crippen LogP contribution in [-0.4, -0.2) is 35.5 Å². The number of ether oxygens (including phenoxy) is 1. The minimum absolute atomic E-state index is 0.163. The van der Waals surface area contributed by atoms with Gasteiger partial charge in [-0.3, -0.25) is 0 Å². The summed E-state index contributed by atoms with van der Waals surface area (Å²) in [6.07, 6.45) is 4.23. The standard InChI is InChI=1S/C20H15ClN4O3S/c1-28-19-8-13(21)2-4-17(19)20-16-5-3-15(9-18(16)24-12-25-20)29(26,27)10-14-6-7-22-11-23-14/h2-9,11-12H,10H2,1H3. The van der Waals surface area contributed by atoms with Crippen molar-refractivity contribution in [2.45, 2.75) is 10.6 Å². The highest BCUT2D eigenvalue weighted by Crippen LogP contribution is 2.35. The maximum atomic E-state index is 12.8. The normalized spacial score (nSPS) is 11.5. The minimum Gasteiger partial charge on any atom is -0.496 e. The summed E-state index contributed by atoms with van der Waals surface area (Å²) in [5, 5.41) is 1.25. The zero-order valence-corrected chi connectivity index (χ0v) is 16.9. The molecule has 0 N–H and O–H groups in total. The van der Waals surface area contributed by atoms with E-state index in [1.165, 1.54) is 18.9 Å². The van der Waals surface area contributed by atoms with Gasteiger partial charge in [-0.2, -0.15) is 0 Å². The van der Waals surface area contributed by atoms with Crippen LogP contribution < -0.4 is 4.74 Å². The SMILES string of the molecule is COc1cc(Cl)ccc1-c1ncnc2cc(S(=O)(=O)Cc3ccncn3)ccc12. The van der Waals surface area contributed by atoms with Crippen LogP contribution in [0.15, 0.2) is 66.2 Å². The molecule has 0 aliphatic heterocycles. The first-order valence-electron chi connectivity index (χ1n) is 8.54. The summed E-state index contributed by atoms with van der Waals surface area (Å²) in [6.45, 7) is 0. The van der Waals surface area contributed by atoms with Crippen LogP contribution in [0.5, 0.6) is 5.75 Å². The molecule has 0 atom stereocenters. The van der Waals surface area contributed by atoms with Gasteiger partial charge in [0.15, 0.2) is 9.84 Å². The Labute approximate surface area is 172 Å². The Morgan fingerprint density at radius 2 is 1.86 bits per heavy atom. The first-order valence-corrected chi connectivity index (χ1v) is 10.6. The maximum absolute atomic E-state index is 12.8. The van der Waals surface area contributed by atoms with E-state index in [1.54, 1.807) is 43.5 Å². The van der Waals surface area contributed by atoms with Crippen molar-refractivity contribution in [3.63, 3.8) is 0 Å². The van der Waals surface area contributed by atoms with Gasteiger partial charge in [0.25, 0.3) is 0 Å². The molecule has 0 aliphatic rings. The van der Waals surface area contributed by atoms with E-state index < -0.39 is 9.84 Å². The molecule has 0 unspecified atom stereocenters. The Morgan fingerprint density at radius 1 is 1.00 bits per heavy atom. The van der Waals surface area contributed by atoms with Crippen molar-refractivity contribution in [2.24, 2.45) is 0 Å². The summed E-state index contributed by atoms with van der Waals surface area (Å²) in [5.74, 6) is 0.349. The van der Waals surface area contributed by atoms with E-state index in [2.05, 4.69) is 19.9 Å². The topological polar surface area (TPSA) is 94.9 Å². The number of sulfone groups is 1. The van der Waals surface area contributed by atoms with Crippen LogP contribution >= 0.6 is 11.6 Å². The Bertz CT molecular complexity index is 1300. The van der Waals surface area contributed by atoms with Crippen LogP contribution in [0.3, 0.4) is 0 Å². The van der Waals surface area contributed by atoms with Crippen molar-refractivity contribution in [1.29, 1.82) is 0 Å². The van der Waals surface area contributed by atoms with Crippen molar-refractivity contribution >= 4 is 32.3 Å². The van der Waals surface area contributed by atoms with Crippen LogP contribution in [-0.2, 0) is 15.6 Å². The largest absolute Gasteiger partial charge is 0.496 e. The fraction of sp³-hybridized carbons (Fsp3) is 0.100. The van der Waals surface area contributed by atoms with Gasteiger partial charge in [0.05, 0.1) is 34.7 Å². The van der Waals surface area contributed by atoms with Crippen molar-refractivity contribution in [3.05, 3.63) is 72.0 Å². The number of nitrogens with zero attached hydrogens (tertiary/aromatic N) is 4. The van der Waals surface area contributed by atoms with Crippen molar-refractivity contribution < 1.29 is 13.2 Å². The summed E-state index contributed by atoms with van der Waals surface area (Å²) in [7, 11) is -2.04. The predicted molar refractivity (Wildman–Crippen MR) is 109 cm³/mol. The van der Waals surface area contributed by atoms with Gasteiger partial charge < -0.3 is 4.74 Å². The van der Waals surface area contributed by atoms with Gasteiger partial charge in [0, 0.05) is 22.2 Å². The van der Waals surface area contributed by atoms with Gasteiger partial charge >= 0.3 is 0 Å². The molecule has 2 aromatic heterocycles. The summed E-state index contributed by atoms with van der Waals surface area (Å²) in [4.78, 5) is 16.6. The summed E-state index contributed by atoms with van der Waals surface area (Å²) < 4.78 is 31.0. The summed E-state index contributed by atoms with van der Waals surface area (Å²) in [5.41, 5.74) is 2.30. The molecule has 0 spiro atoms. The average Bonchev–Trinajstić information content (AvgIpc) is 2.73. The van der Waals surface area contributed by atoms with Gasteiger partial charge in [-0.15, -0.1) is 0 Å². The second-order valence-electron chi connectivity index (χ2n) is 6.21. The number of halogens is 1. The zero-order valence-electron chi connectivity index (χ0n) is 15.3. The molecular weight excluding hydrogens is 412 g/mol. The molecule has 0 amide bonds. The number of methoxy groups -OCH3 is 1. The highest BCUT2D eigenvalue weighted by atomic mass is 35.5. The Morgan fingerprint density at radius 3 is 2.62 bits per heavy atom. The molecule has 7 nitrogen and oxygen atoms in total. The lowest BCUT2D eigenvalue weighted by Crippen LogP contribution is -2.06. The zero-order chi connectivity index (χ0) is 20.4. The second kappa shape index (κ2) is 7.73. The van der Waals surface area contributed by atoms with E-state index in [1.807, 2.05) is 6.07 Å². The molecule has 9 heteroatoms. The molecule has 0 aliphatic carbocycles. The van der Waals surface area contributed by atoms with Gasteiger partial charge in [0.2, 0.25) is 0 Å². The van der Waals surface area contributed by atoms with Crippen LogP contribution in [0.1, 0.15) is 5.69 Å². The molecule has 146 valence electrons. The van der Waals surface area contributed by atoms with Gasteiger partial charge in [-0.1, -0.05) is 11.6 Å². The Kier molecular flexibility index (Phi) is 5.12. The minimum atomic E-state index is -3.59. The van der Waals surface area contributed by atoms with Crippen molar-refractivity contribution in [3.8, 4) is 17.0 Å². The molecule has 0 fully saturated rings. The fourth-order valence-electron chi connectivity index (χ4n) is 2.99. The monoisotopic (exact) mass is 426 g/mol. The maximum Gasteiger partial charge on any atom is 0.184 e. The fourth-order valence-corrected chi connectivity index (χ4v) is 4.44. The van der Waals surface area contributed by atoms with Gasteiger partial charge in [0.1, 0.15) is 18.4 Å². The van der Waals surface area contributed by atoms with E-state index in [9.17, 15) is 8.42 Å². The highest BCUT2D eigenvalue weighted by molar-refractivity contribution is 7.90. The molecular formula is C20H15ClN4O3S. The number of benzene rings is 2. The summed E-state index contributed by atoms with van der Waals surface area (Å²) in [6, 6.07) is 11.6. The molecule has 29 heavy (non-hydrogen) atoms. The molecule has 0 saturated heterocycles. The molecule has 0 bridgehead atoms. The lowest BCUT2D eigenvalue weighted by Gasteiger charge is -2.11. The van der Waals surface area contributed by atoms with Crippen molar-refractivity contribution in [2.75, 3.05) is 7.11 Å². The van der Waals surface area contributed by atoms with E-state index in [-0.39, 0.29) is 10.6 Å². The number of hydrogen-bond donors (Lipinski definition) is 0. The first kappa shape index (κ1) is 19.2. The number of hydrogen-bond acceptors (Lipinski definition) is 7. The quantitative estimate of drug-likeness (QED) is 0.479. The van der Waals surface area contributed by atoms with Gasteiger partial charge in [-0.25, -0.2) is 28.4 Å². The van der Waals surface area contributed by atoms with Crippen LogP contribution in [0.2, 0.25) is 5.02 Å². The molecule has 4 rings (SSSR count). The highest BCUT2D eigenvalue weighted by Gasteiger charge is 2.19. The molecule has 2 heterocycles. The second-order valence-corrected chi connectivity index (χ2v) is 8.63. The molecule has 4 aromatic rings. The number of fused-ring (bicyclic) bond motifs is 1. The smallest absolute Gasteiger partial charge is 0.184 e. The Balaban J connectivity index is 1.79. The Hall–Kier alpha value is -3.10. The van der Waals surface area contributed by atoms with E-state index in [4.69, 9.17) is 16.3 Å². The lowest BCUT2D eigenvalue weighted by atomic mass is 10.1. The number of rotatable bonds is 5. The third-order valence-corrected chi connectivity index (χ3v) is 6.25. The van der Waals surface area contributed by atoms with Gasteiger partial charge in [-0.05, 0) is 42.5 Å².